The monoisotopic (exact) mass is 325 g/mol. The van der Waals surface area contributed by atoms with Crippen LogP contribution in [0.5, 0.6) is 0 Å². The molecule has 1 unspecified atom stereocenters. The van der Waals surface area contributed by atoms with Gasteiger partial charge in [0.05, 0.1) is 6.54 Å². The van der Waals surface area contributed by atoms with Gasteiger partial charge < -0.3 is 9.47 Å². The van der Waals surface area contributed by atoms with Crippen molar-refractivity contribution < 1.29 is 14.3 Å². The van der Waals surface area contributed by atoms with Crippen molar-refractivity contribution in [1.82, 2.24) is 4.90 Å². The van der Waals surface area contributed by atoms with Crippen LogP contribution in [0.3, 0.4) is 0 Å². The quantitative estimate of drug-likeness (QED) is 0.842. The number of hydrogen-bond acceptors (Lipinski definition) is 3. The largest absolute Gasteiger partial charge is 0.329 e. The van der Waals surface area contributed by atoms with Gasteiger partial charge in [0.2, 0.25) is 0 Å². The van der Waals surface area contributed by atoms with Crippen LogP contribution in [0, 0.1) is 0 Å². The SMILES string of the molecule is CCOC1(c2ccccc2)OC(C)(C)C(=O)N1Cc1ccccc1. The van der Waals surface area contributed by atoms with Gasteiger partial charge in [0.15, 0.2) is 0 Å². The number of carbonyl (C=O) groups excluding carboxylic acids is 1. The Hall–Kier alpha value is -2.17. The van der Waals surface area contributed by atoms with Crippen LogP contribution in [0.15, 0.2) is 60.7 Å². The van der Waals surface area contributed by atoms with Crippen LogP contribution in [-0.4, -0.2) is 23.0 Å². The lowest BCUT2D eigenvalue weighted by molar-refractivity contribution is -0.307. The highest BCUT2D eigenvalue weighted by molar-refractivity contribution is 5.87. The molecule has 4 heteroatoms. The van der Waals surface area contributed by atoms with Crippen molar-refractivity contribution in [2.45, 2.75) is 38.8 Å². The molecule has 1 fully saturated rings. The van der Waals surface area contributed by atoms with Gasteiger partial charge in [-0.2, -0.15) is 0 Å². The Kier molecular flexibility index (Phi) is 4.43. The Bertz CT molecular complexity index is 699. The average Bonchev–Trinajstić information content (AvgIpc) is 2.78. The van der Waals surface area contributed by atoms with Crippen molar-refractivity contribution in [2.75, 3.05) is 6.61 Å². The molecular weight excluding hydrogens is 302 g/mol. The fraction of sp³-hybridized carbons (Fsp3) is 0.350. The lowest BCUT2D eigenvalue weighted by Gasteiger charge is -2.36. The van der Waals surface area contributed by atoms with Crippen LogP contribution in [0.25, 0.3) is 0 Å². The van der Waals surface area contributed by atoms with E-state index in [1.807, 2.05) is 67.6 Å². The van der Waals surface area contributed by atoms with Gasteiger partial charge in [-0.25, -0.2) is 0 Å². The first-order valence-electron chi connectivity index (χ1n) is 8.25. The minimum absolute atomic E-state index is 0.0799. The smallest absolute Gasteiger partial charge is 0.283 e. The van der Waals surface area contributed by atoms with Gasteiger partial charge in [-0.1, -0.05) is 60.7 Å². The molecule has 24 heavy (non-hydrogen) atoms. The predicted octanol–water partition coefficient (Wildman–Crippen LogP) is 3.67. The zero-order chi connectivity index (χ0) is 17.2. The minimum Gasteiger partial charge on any atom is -0.329 e. The van der Waals surface area contributed by atoms with Crippen LogP contribution < -0.4 is 0 Å². The van der Waals surface area contributed by atoms with Crippen molar-refractivity contribution >= 4 is 5.91 Å². The normalized spacial score (nSPS) is 22.8. The first-order valence-corrected chi connectivity index (χ1v) is 8.25. The molecule has 3 rings (SSSR count). The molecule has 0 aliphatic carbocycles. The summed E-state index contributed by atoms with van der Waals surface area (Å²) >= 11 is 0. The molecule has 4 nitrogen and oxygen atoms in total. The molecule has 126 valence electrons. The summed E-state index contributed by atoms with van der Waals surface area (Å²) < 4.78 is 12.3. The summed E-state index contributed by atoms with van der Waals surface area (Å²) in [5, 5.41) is 0. The molecule has 0 saturated carbocycles. The Morgan fingerprint density at radius 3 is 2.17 bits per heavy atom. The molecule has 1 saturated heterocycles. The standard InChI is InChI=1S/C20H23NO3/c1-4-23-20(17-13-9-6-10-14-17)21(18(22)19(2,3)24-20)15-16-11-7-5-8-12-16/h5-14H,4,15H2,1-3H3. The van der Waals surface area contributed by atoms with Crippen molar-refractivity contribution in [3.63, 3.8) is 0 Å². The van der Waals surface area contributed by atoms with Gasteiger partial charge in [0, 0.05) is 12.2 Å². The summed E-state index contributed by atoms with van der Waals surface area (Å²) in [6, 6.07) is 19.5. The Labute approximate surface area is 143 Å². The van der Waals surface area contributed by atoms with E-state index in [9.17, 15) is 4.79 Å². The number of amides is 1. The third-order valence-corrected chi connectivity index (χ3v) is 4.17. The second-order valence-electron chi connectivity index (χ2n) is 6.37. The molecule has 0 bridgehead atoms. The summed E-state index contributed by atoms with van der Waals surface area (Å²) in [4.78, 5) is 14.7. The number of ether oxygens (including phenoxy) is 2. The first kappa shape index (κ1) is 16.7. The topological polar surface area (TPSA) is 38.8 Å². The zero-order valence-corrected chi connectivity index (χ0v) is 14.4. The van der Waals surface area contributed by atoms with Crippen molar-refractivity contribution in [3.8, 4) is 0 Å². The molecule has 2 aromatic carbocycles. The fourth-order valence-corrected chi connectivity index (χ4v) is 3.10. The van der Waals surface area contributed by atoms with E-state index in [4.69, 9.17) is 9.47 Å². The highest BCUT2D eigenvalue weighted by Gasteiger charge is 2.58. The number of benzene rings is 2. The molecule has 0 radical (unpaired) electrons. The second-order valence-corrected chi connectivity index (χ2v) is 6.37. The number of hydrogen-bond donors (Lipinski definition) is 0. The van der Waals surface area contributed by atoms with E-state index >= 15 is 0 Å². The van der Waals surface area contributed by atoms with E-state index in [1.54, 1.807) is 18.7 Å². The van der Waals surface area contributed by atoms with Gasteiger partial charge >= 0.3 is 0 Å². The van der Waals surface area contributed by atoms with Crippen LogP contribution in [-0.2, 0) is 26.7 Å². The van der Waals surface area contributed by atoms with E-state index in [0.29, 0.717) is 13.2 Å². The summed E-state index contributed by atoms with van der Waals surface area (Å²) in [6.07, 6.45) is 0. The third kappa shape index (κ3) is 2.83. The molecule has 0 aromatic heterocycles. The number of rotatable bonds is 5. The summed E-state index contributed by atoms with van der Waals surface area (Å²) in [7, 11) is 0. The maximum atomic E-state index is 13.0. The molecule has 1 aliphatic rings. The molecule has 1 heterocycles. The van der Waals surface area contributed by atoms with E-state index < -0.39 is 11.5 Å². The second kappa shape index (κ2) is 6.38. The number of nitrogens with zero attached hydrogens (tertiary/aromatic N) is 1. The van der Waals surface area contributed by atoms with E-state index in [2.05, 4.69) is 0 Å². The Balaban J connectivity index is 2.08. The average molecular weight is 325 g/mol. The lowest BCUT2D eigenvalue weighted by Crippen LogP contribution is -2.46. The van der Waals surface area contributed by atoms with Gasteiger partial charge in [-0.3, -0.25) is 9.69 Å². The lowest BCUT2D eigenvalue weighted by atomic mass is 10.1. The van der Waals surface area contributed by atoms with Crippen molar-refractivity contribution in [2.24, 2.45) is 0 Å². The Morgan fingerprint density at radius 1 is 1.00 bits per heavy atom. The predicted molar refractivity (Wildman–Crippen MR) is 91.9 cm³/mol. The number of carbonyl (C=O) groups is 1. The third-order valence-electron chi connectivity index (χ3n) is 4.17. The minimum atomic E-state index is -1.20. The first-order chi connectivity index (χ1) is 11.5. The Morgan fingerprint density at radius 2 is 1.58 bits per heavy atom. The zero-order valence-electron chi connectivity index (χ0n) is 14.4. The van der Waals surface area contributed by atoms with Crippen LogP contribution >= 0.6 is 0 Å². The van der Waals surface area contributed by atoms with Crippen LogP contribution in [0.1, 0.15) is 31.9 Å². The van der Waals surface area contributed by atoms with Gasteiger partial charge in [-0.15, -0.1) is 0 Å². The maximum Gasteiger partial charge on any atom is 0.283 e. The fourth-order valence-electron chi connectivity index (χ4n) is 3.10. The highest BCUT2D eigenvalue weighted by atomic mass is 16.7. The van der Waals surface area contributed by atoms with Gasteiger partial charge in [0.25, 0.3) is 11.8 Å². The summed E-state index contributed by atoms with van der Waals surface area (Å²) in [5.74, 6) is -1.28. The van der Waals surface area contributed by atoms with E-state index in [1.165, 1.54) is 0 Å². The molecule has 0 spiro atoms. The van der Waals surface area contributed by atoms with E-state index in [0.717, 1.165) is 11.1 Å². The summed E-state index contributed by atoms with van der Waals surface area (Å²) in [5.41, 5.74) is 0.911. The van der Waals surface area contributed by atoms with Crippen molar-refractivity contribution in [1.29, 1.82) is 0 Å². The maximum absolute atomic E-state index is 13.0. The van der Waals surface area contributed by atoms with Crippen molar-refractivity contribution in [3.05, 3.63) is 71.8 Å². The molecule has 1 aliphatic heterocycles. The molecule has 0 N–H and O–H groups in total. The molecule has 2 aromatic rings. The molecule has 1 amide bonds. The van der Waals surface area contributed by atoms with Crippen LogP contribution in [0.4, 0.5) is 0 Å². The van der Waals surface area contributed by atoms with E-state index in [-0.39, 0.29) is 5.91 Å². The highest BCUT2D eigenvalue weighted by Crippen LogP contribution is 2.44. The summed E-state index contributed by atoms with van der Waals surface area (Å²) in [6.45, 7) is 6.35. The van der Waals surface area contributed by atoms with Gasteiger partial charge in [0.1, 0.15) is 5.60 Å². The molecular formula is C20H23NO3. The van der Waals surface area contributed by atoms with Gasteiger partial charge in [-0.05, 0) is 26.3 Å². The van der Waals surface area contributed by atoms with Crippen LogP contribution in [0.2, 0.25) is 0 Å². The molecule has 1 atom stereocenters.